The van der Waals surface area contributed by atoms with Gasteiger partial charge in [0.2, 0.25) is 0 Å². The molecule has 0 saturated heterocycles. The summed E-state index contributed by atoms with van der Waals surface area (Å²) in [6.07, 6.45) is 3.40. The Balaban J connectivity index is 2.33. The molecule has 1 aromatic heterocycles. The van der Waals surface area contributed by atoms with Gasteiger partial charge in [0.05, 0.1) is 18.1 Å². The largest absolute Gasteiger partial charge is 0.491 e. The first-order valence-corrected chi connectivity index (χ1v) is 5.99. The van der Waals surface area contributed by atoms with Crippen LogP contribution in [0.25, 0.3) is 0 Å². The Hall–Kier alpha value is -1.08. The third-order valence-corrected chi connectivity index (χ3v) is 2.83. The maximum atomic E-state index is 8.85. The molecule has 0 unspecified atom stereocenters. The van der Waals surface area contributed by atoms with Crippen molar-refractivity contribution in [2.45, 2.75) is 26.7 Å². The van der Waals surface area contributed by atoms with Crippen LogP contribution in [0.4, 0.5) is 0 Å². The molecule has 0 N–H and O–H groups in total. The third kappa shape index (κ3) is 4.19. The van der Waals surface area contributed by atoms with Gasteiger partial charge in [0.15, 0.2) is 5.75 Å². The molecule has 0 bridgehead atoms. The summed E-state index contributed by atoms with van der Waals surface area (Å²) < 4.78 is 6.28. The van der Waals surface area contributed by atoms with E-state index in [1.54, 1.807) is 6.20 Å². The third-order valence-electron chi connectivity index (χ3n) is 2.23. The summed E-state index contributed by atoms with van der Waals surface area (Å²) >= 11 is 3.31. The van der Waals surface area contributed by atoms with Crippen LogP contribution in [0.1, 0.15) is 26.7 Å². The average molecular weight is 283 g/mol. The molecule has 1 aromatic rings. The highest BCUT2D eigenvalue weighted by Crippen LogP contribution is 2.23. The molecular formula is C12H15BrN2O. The minimum atomic E-state index is -0.268. The van der Waals surface area contributed by atoms with Gasteiger partial charge < -0.3 is 4.74 Å². The monoisotopic (exact) mass is 282 g/mol. The number of rotatable bonds is 5. The first-order valence-electron chi connectivity index (χ1n) is 5.20. The zero-order valence-corrected chi connectivity index (χ0v) is 11.1. The summed E-state index contributed by atoms with van der Waals surface area (Å²) in [6.45, 7) is 4.48. The van der Waals surface area contributed by atoms with Gasteiger partial charge in [-0.3, -0.25) is 0 Å². The molecule has 1 heterocycles. The zero-order chi connectivity index (χ0) is 12.0. The molecule has 1 rings (SSSR count). The number of halogens is 1. The van der Waals surface area contributed by atoms with E-state index < -0.39 is 0 Å². The van der Waals surface area contributed by atoms with E-state index in [0.717, 1.165) is 23.2 Å². The quantitative estimate of drug-likeness (QED) is 0.613. The minimum absolute atomic E-state index is 0.268. The van der Waals surface area contributed by atoms with E-state index in [-0.39, 0.29) is 5.41 Å². The molecule has 3 nitrogen and oxygen atoms in total. The molecule has 16 heavy (non-hydrogen) atoms. The van der Waals surface area contributed by atoms with Gasteiger partial charge in [-0.25, -0.2) is 4.98 Å². The van der Waals surface area contributed by atoms with Crippen molar-refractivity contribution in [1.82, 2.24) is 4.98 Å². The van der Waals surface area contributed by atoms with Gasteiger partial charge in [-0.1, -0.05) is 0 Å². The Morgan fingerprint density at radius 1 is 1.56 bits per heavy atom. The Morgan fingerprint density at radius 2 is 2.31 bits per heavy atom. The van der Waals surface area contributed by atoms with E-state index in [1.807, 2.05) is 26.0 Å². The first kappa shape index (κ1) is 13.0. The number of aromatic nitrogens is 1. The SMILES string of the molecule is CC(C)(C#N)CCCOc1cccnc1Br. The average Bonchev–Trinajstić information content (AvgIpc) is 2.27. The molecule has 0 fully saturated rings. The minimum Gasteiger partial charge on any atom is -0.491 e. The maximum Gasteiger partial charge on any atom is 0.152 e. The van der Waals surface area contributed by atoms with Gasteiger partial charge >= 0.3 is 0 Å². The highest BCUT2D eigenvalue weighted by atomic mass is 79.9. The Kier molecular flexibility index (Phi) is 4.75. The second-order valence-electron chi connectivity index (χ2n) is 4.24. The maximum absolute atomic E-state index is 8.85. The second-order valence-corrected chi connectivity index (χ2v) is 4.99. The van der Waals surface area contributed by atoms with Crippen LogP contribution in [-0.4, -0.2) is 11.6 Å². The molecular weight excluding hydrogens is 268 g/mol. The van der Waals surface area contributed by atoms with Gasteiger partial charge in [-0.05, 0) is 54.8 Å². The molecule has 0 saturated carbocycles. The van der Waals surface area contributed by atoms with E-state index in [9.17, 15) is 0 Å². The van der Waals surface area contributed by atoms with Gasteiger partial charge in [-0.2, -0.15) is 5.26 Å². The van der Waals surface area contributed by atoms with Crippen molar-refractivity contribution in [3.05, 3.63) is 22.9 Å². The summed E-state index contributed by atoms with van der Waals surface area (Å²) in [5.74, 6) is 0.747. The van der Waals surface area contributed by atoms with E-state index >= 15 is 0 Å². The predicted molar refractivity (Wildman–Crippen MR) is 66.1 cm³/mol. The fourth-order valence-electron chi connectivity index (χ4n) is 1.23. The number of hydrogen-bond acceptors (Lipinski definition) is 3. The molecule has 0 aliphatic heterocycles. The van der Waals surface area contributed by atoms with Crippen molar-refractivity contribution < 1.29 is 4.74 Å². The van der Waals surface area contributed by atoms with Crippen LogP contribution in [-0.2, 0) is 0 Å². The van der Waals surface area contributed by atoms with Crippen LogP contribution >= 0.6 is 15.9 Å². The number of nitrogens with zero attached hydrogens (tertiary/aromatic N) is 2. The summed E-state index contributed by atoms with van der Waals surface area (Å²) in [5.41, 5.74) is -0.268. The highest BCUT2D eigenvalue weighted by molar-refractivity contribution is 9.10. The molecule has 0 atom stereocenters. The van der Waals surface area contributed by atoms with Crippen molar-refractivity contribution in [1.29, 1.82) is 5.26 Å². The van der Waals surface area contributed by atoms with E-state index in [2.05, 4.69) is 27.0 Å². The van der Waals surface area contributed by atoms with Crippen molar-refractivity contribution in [2.24, 2.45) is 5.41 Å². The fourth-order valence-corrected chi connectivity index (χ4v) is 1.60. The number of ether oxygens (including phenoxy) is 1. The van der Waals surface area contributed by atoms with Crippen molar-refractivity contribution in [3.8, 4) is 11.8 Å². The van der Waals surface area contributed by atoms with Crippen LogP contribution < -0.4 is 4.74 Å². The van der Waals surface area contributed by atoms with Crippen LogP contribution in [0.15, 0.2) is 22.9 Å². The molecule has 0 spiro atoms. The van der Waals surface area contributed by atoms with Crippen LogP contribution in [0.3, 0.4) is 0 Å². The molecule has 86 valence electrons. The van der Waals surface area contributed by atoms with Crippen molar-refractivity contribution in [3.63, 3.8) is 0 Å². The lowest BCUT2D eigenvalue weighted by molar-refractivity contribution is 0.281. The smallest absolute Gasteiger partial charge is 0.152 e. The van der Waals surface area contributed by atoms with Crippen molar-refractivity contribution in [2.75, 3.05) is 6.61 Å². The van der Waals surface area contributed by atoms with Crippen molar-refractivity contribution >= 4 is 15.9 Å². The van der Waals surface area contributed by atoms with E-state index in [4.69, 9.17) is 10.00 Å². The topological polar surface area (TPSA) is 45.9 Å². The zero-order valence-electron chi connectivity index (χ0n) is 9.53. The second kappa shape index (κ2) is 5.86. The van der Waals surface area contributed by atoms with Gasteiger partial charge in [0, 0.05) is 6.20 Å². The van der Waals surface area contributed by atoms with Crippen LogP contribution in [0, 0.1) is 16.7 Å². The summed E-state index contributed by atoms with van der Waals surface area (Å²) in [6, 6.07) is 5.97. The normalized spacial score (nSPS) is 10.9. The predicted octanol–water partition coefficient (Wildman–Crippen LogP) is 3.55. The van der Waals surface area contributed by atoms with Gasteiger partial charge in [-0.15, -0.1) is 0 Å². The van der Waals surface area contributed by atoms with E-state index in [1.165, 1.54) is 0 Å². The molecule has 4 heteroatoms. The lowest BCUT2D eigenvalue weighted by atomic mass is 9.90. The fraction of sp³-hybridized carbons (Fsp3) is 0.500. The highest BCUT2D eigenvalue weighted by Gasteiger charge is 2.15. The van der Waals surface area contributed by atoms with Gasteiger partial charge in [0.25, 0.3) is 0 Å². The molecule has 0 aromatic carbocycles. The molecule has 0 aliphatic carbocycles. The molecule has 0 aliphatic rings. The Morgan fingerprint density at radius 3 is 2.94 bits per heavy atom. The summed E-state index contributed by atoms with van der Waals surface area (Å²) in [4.78, 5) is 4.06. The number of nitriles is 1. The summed E-state index contributed by atoms with van der Waals surface area (Å²) in [5, 5.41) is 8.85. The lowest BCUT2D eigenvalue weighted by Crippen LogP contribution is -2.10. The van der Waals surface area contributed by atoms with Gasteiger partial charge in [0.1, 0.15) is 4.60 Å². The number of pyridine rings is 1. The molecule has 0 radical (unpaired) electrons. The van der Waals surface area contributed by atoms with E-state index in [0.29, 0.717) is 6.61 Å². The molecule has 0 amide bonds. The van der Waals surface area contributed by atoms with Crippen LogP contribution in [0.5, 0.6) is 5.75 Å². The standard InChI is InChI=1S/C12H15BrN2O/c1-12(2,9-14)6-4-8-16-10-5-3-7-15-11(10)13/h3,5,7H,4,6,8H2,1-2H3. The Bertz CT molecular complexity index is 385. The Labute approximate surface area is 105 Å². The summed E-state index contributed by atoms with van der Waals surface area (Å²) in [7, 11) is 0. The van der Waals surface area contributed by atoms with Crippen LogP contribution in [0.2, 0.25) is 0 Å². The first-order chi connectivity index (χ1) is 7.55. The number of hydrogen-bond donors (Lipinski definition) is 0. The lowest BCUT2D eigenvalue weighted by Gasteiger charge is -2.14.